The Morgan fingerprint density at radius 3 is 2.62 bits per heavy atom. The van der Waals surface area contributed by atoms with E-state index in [9.17, 15) is 14.0 Å². The summed E-state index contributed by atoms with van der Waals surface area (Å²) in [5.41, 5.74) is -0.205. The number of nitrogens with one attached hydrogen (secondary N) is 2. The number of piperidine rings is 1. The van der Waals surface area contributed by atoms with Crippen molar-refractivity contribution < 1.29 is 18.7 Å². The van der Waals surface area contributed by atoms with Gasteiger partial charge in [0.1, 0.15) is 5.82 Å². The van der Waals surface area contributed by atoms with Crippen molar-refractivity contribution in [3.63, 3.8) is 0 Å². The summed E-state index contributed by atoms with van der Waals surface area (Å²) < 4.78 is 17.9. The van der Waals surface area contributed by atoms with Crippen molar-refractivity contribution in [1.29, 1.82) is 0 Å². The van der Waals surface area contributed by atoms with E-state index in [0.717, 1.165) is 19.2 Å². The van der Waals surface area contributed by atoms with Crippen LogP contribution in [0.3, 0.4) is 0 Å². The molecule has 0 radical (unpaired) electrons. The zero-order valence-electron chi connectivity index (χ0n) is 12.2. The van der Waals surface area contributed by atoms with E-state index < -0.39 is 17.2 Å². The van der Waals surface area contributed by atoms with Crippen molar-refractivity contribution in [3.8, 4) is 0 Å². The Labute approximate surface area is 122 Å². The summed E-state index contributed by atoms with van der Waals surface area (Å²) in [6.45, 7) is 3.44. The molecule has 1 aromatic rings. The number of methoxy groups -OCH3 is 1. The predicted molar refractivity (Wildman–Crippen MR) is 76.6 cm³/mol. The Hall–Kier alpha value is -1.95. The minimum Gasteiger partial charge on any atom is -0.465 e. The molecule has 2 N–H and O–H groups in total. The normalized spacial score (nSPS) is 17.1. The number of amides is 1. The summed E-state index contributed by atoms with van der Waals surface area (Å²) in [4.78, 5) is 24.1. The van der Waals surface area contributed by atoms with Gasteiger partial charge in [0.25, 0.3) is 0 Å². The summed E-state index contributed by atoms with van der Waals surface area (Å²) in [5, 5.41) is 5.93. The number of benzene rings is 1. The number of carbonyl (C=O) groups is 2. The molecule has 1 heterocycles. The van der Waals surface area contributed by atoms with Crippen LogP contribution in [0.4, 0.5) is 10.1 Å². The number of halogens is 1. The summed E-state index contributed by atoms with van der Waals surface area (Å²) in [6, 6.07) is 3.64. The van der Waals surface area contributed by atoms with Gasteiger partial charge in [0.15, 0.2) is 0 Å². The lowest BCUT2D eigenvalue weighted by Gasteiger charge is -2.32. The number of ether oxygens (including phenoxy) is 1. The van der Waals surface area contributed by atoms with E-state index in [4.69, 9.17) is 0 Å². The maximum absolute atomic E-state index is 13.3. The van der Waals surface area contributed by atoms with Crippen molar-refractivity contribution in [2.75, 3.05) is 25.5 Å². The SMILES string of the molecule is COC(=O)c1cc(F)ccc1NC(=O)C1(C)CCNCC1. The molecular weight excluding hydrogens is 275 g/mol. The Morgan fingerprint density at radius 1 is 1.33 bits per heavy atom. The van der Waals surface area contributed by atoms with Crippen molar-refractivity contribution in [2.24, 2.45) is 5.41 Å². The van der Waals surface area contributed by atoms with Gasteiger partial charge in [-0.25, -0.2) is 9.18 Å². The van der Waals surface area contributed by atoms with E-state index in [-0.39, 0.29) is 17.2 Å². The molecular formula is C15H19FN2O3. The molecule has 1 aliphatic heterocycles. The highest BCUT2D eigenvalue weighted by atomic mass is 19.1. The number of hydrogen-bond donors (Lipinski definition) is 2. The smallest absolute Gasteiger partial charge is 0.340 e. The molecule has 2 rings (SSSR count). The van der Waals surface area contributed by atoms with Crippen molar-refractivity contribution in [2.45, 2.75) is 19.8 Å². The molecule has 1 aromatic carbocycles. The topological polar surface area (TPSA) is 67.4 Å². The molecule has 21 heavy (non-hydrogen) atoms. The second-order valence-electron chi connectivity index (χ2n) is 5.45. The zero-order valence-corrected chi connectivity index (χ0v) is 12.2. The highest BCUT2D eigenvalue weighted by Crippen LogP contribution is 2.30. The monoisotopic (exact) mass is 294 g/mol. The highest BCUT2D eigenvalue weighted by Gasteiger charge is 2.35. The van der Waals surface area contributed by atoms with Crippen LogP contribution in [0, 0.1) is 11.2 Å². The second-order valence-corrected chi connectivity index (χ2v) is 5.45. The van der Waals surface area contributed by atoms with Gasteiger partial charge >= 0.3 is 5.97 Å². The molecule has 1 amide bonds. The van der Waals surface area contributed by atoms with Gasteiger partial charge in [-0.15, -0.1) is 0 Å². The molecule has 0 unspecified atom stereocenters. The molecule has 114 valence electrons. The Kier molecular flexibility index (Phi) is 4.57. The lowest BCUT2D eigenvalue weighted by molar-refractivity contribution is -0.126. The molecule has 5 nitrogen and oxygen atoms in total. The third kappa shape index (κ3) is 3.39. The van der Waals surface area contributed by atoms with Crippen molar-refractivity contribution >= 4 is 17.6 Å². The van der Waals surface area contributed by atoms with Gasteiger partial charge < -0.3 is 15.4 Å². The fourth-order valence-electron chi connectivity index (χ4n) is 2.38. The van der Waals surface area contributed by atoms with E-state index in [1.165, 1.54) is 19.2 Å². The minimum atomic E-state index is -0.680. The third-order valence-corrected chi connectivity index (χ3v) is 3.89. The Balaban J connectivity index is 2.22. The first-order valence-electron chi connectivity index (χ1n) is 6.86. The van der Waals surface area contributed by atoms with Gasteiger partial charge in [-0.1, -0.05) is 6.92 Å². The summed E-state index contributed by atoms with van der Waals surface area (Å²) in [7, 11) is 1.22. The van der Waals surface area contributed by atoms with E-state index in [0.29, 0.717) is 12.8 Å². The maximum atomic E-state index is 13.3. The minimum absolute atomic E-state index is 0.0170. The zero-order chi connectivity index (χ0) is 15.5. The molecule has 1 aliphatic rings. The average molecular weight is 294 g/mol. The Bertz CT molecular complexity index is 554. The highest BCUT2D eigenvalue weighted by molar-refractivity contribution is 6.02. The van der Waals surface area contributed by atoms with E-state index in [1.54, 1.807) is 0 Å². The van der Waals surface area contributed by atoms with Gasteiger partial charge in [0.05, 0.1) is 18.4 Å². The van der Waals surface area contributed by atoms with E-state index in [1.807, 2.05) is 6.92 Å². The first kappa shape index (κ1) is 15.4. The quantitative estimate of drug-likeness (QED) is 0.836. The molecule has 1 saturated heterocycles. The third-order valence-electron chi connectivity index (χ3n) is 3.89. The van der Waals surface area contributed by atoms with Gasteiger partial charge in [0.2, 0.25) is 5.91 Å². The van der Waals surface area contributed by atoms with Gasteiger partial charge in [-0.2, -0.15) is 0 Å². The van der Waals surface area contributed by atoms with Crippen LogP contribution in [0.15, 0.2) is 18.2 Å². The average Bonchev–Trinajstić information content (AvgIpc) is 2.49. The fraction of sp³-hybridized carbons (Fsp3) is 0.467. The lowest BCUT2D eigenvalue weighted by atomic mass is 9.80. The van der Waals surface area contributed by atoms with Gasteiger partial charge in [0, 0.05) is 5.41 Å². The first-order chi connectivity index (χ1) is 9.96. The van der Waals surface area contributed by atoms with Crippen LogP contribution in [0.1, 0.15) is 30.1 Å². The lowest BCUT2D eigenvalue weighted by Crippen LogP contribution is -2.43. The molecule has 0 atom stereocenters. The van der Waals surface area contributed by atoms with Crippen LogP contribution in [0.25, 0.3) is 0 Å². The largest absolute Gasteiger partial charge is 0.465 e. The van der Waals surface area contributed by atoms with Crippen molar-refractivity contribution in [3.05, 3.63) is 29.6 Å². The molecule has 0 aromatic heterocycles. The number of hydrogen-bond acceptors (Lipinski definition) is 4. The van der Waals surface area contributed by atoms with E-state index in [2.05, 4.69) is 15.4 Å². The maximum Gasteiger partial charge on any atom is 0.340 e. The van der Waals surface area contributed by atoms with Crippen LogP contribution in [0.2, 0.25) is 0 Å². The van der Waals surface area contributed by atoms with Crippen LogP contribution in [-0.4, -0.2) is 32.1 Å². The van der Waals surface area contributed by atoms with Crippen molar-refractivity contribution in [1.82, 2.24) is 5.32 Å². The van der Waals surface area contributed by atoms with Crippen LogP contribution in [0.5, 0.6) is 0 Å². The predicted octanol–water partition coefficient (Wildman–Crippen LogP) is 1.94. The number of anilines is 1. The van der Waals surface area contributed by atoms with Crippen LogP contribution in [-0.2, 0) is 9.53 Å². The Morgan fingerprint density at radius 2 is 2.00 bits per heavy atom. The molecule has 0 aliphatic carbocycles. The second kappa shape index (κ2) is 6.22. The fourth-order valence-corrected chi connectivity index (χ4v) is 2.38. The number of rotatable bonds is 3. The van der Waals surface area contributed by atoms with E-state index >= 15 is 0 Å². The summed E-state index contributed by atoms with van der Waals surface area (Å²) in [6.07, 6.45) is 1.43. The van der Waals surface area contributed by atoms with Gasteiger partial charge in [-0.05, 0) is 44.1 Å². The summed E-state index contributed by atoms with van der Waals surface area (Å²) in [5.74, 6) is -1.40. The molecule has 0 saturated carbocycles. The molecule has 0 spiro atoms. The first-order valence-corrected chi connectivity index (χ1v) is 6.86. The van der Waals surface area contributed by atoms with Crippen LogP contribution < -0.4 is 10.6 Å². The van der Waals surface area contributed by atoms with Crippen LogP contribution >= 0.6 is 0 Å². The van der Waals surface area contributed by atoms with Gasteiger partial charge in [-0.3, -0.25) is 4.79 Å². The molecule has 6 heteroatoms. The number of carbonyl (C=O) groups excluding carboxylic acids is 2. The molecule has 0 bridgehead atoms. The molecule has 1 fully saturated rings. The number of esters is 1. The standard InChI is InChI=1S/C15H19FN2O3/c1-15(5-7-17-8-6-15)14(20)18-12-4-3-10(16)9-11(12)13(19)21-2/h3-4,9,17H,5-8H2,1-2H3,(H,18,20). The summed E-state index contributed by atoms with van der Waals surface area (Å²) >= 11 is 0.